The van der Waals surface area contributed by atoms with Gasteiger partial charge in [-0.15, -0.1) is 0 Å². The average Bonchev–Trinajstić information content (AvgIpc) is 2.77. The van der Waals surface area contributed by atoms with Crippen molar-refractivity contribution in [3.63, 3.8) is 0 Å². The molecular formula is C10H15BrN2O. The van der Waals surface area contributed by atoms with Crippen LogP contribution in [0, 0.1) is 0 Å². The summed E-state index contributed by atoms with van der Waals surface area (Å²) < 4.78 is 6.45. The van der Waals surface area contributed by atoms with E-state index in [1.807, 2.05) is 6.07 Å². The molecule has 2 rings (SSSR count). The highest BCUT2D eigenvalue weighted by Crippen LogP contribution is 2.20. The van der Waals surface area contributed by atoms with Crippen LogP contribution >= 0.6 is 15.9 Å². The van der Waals surface area contributed by atoms with E-state index in [0.29, 0.717) is 6.04 Å². The average molecular weight is 259 g/mol. The lowest BCUT2D eigenvalue weighted by Gasteiger charge is -2.22. The standard InChI is InChI=1S/C10H15BrN2O/c1-13(8-2-4-12-6-8)7-10-9(11)3-5-14-10/h3,5,8,12H,2,4,6-7H2,1H3. The first kappa shape index (κ1) is 10.2. The molecule has 1 aliphatic rings. The number of likely N-dealkylation sites (N-methyl/N-ethyl adjacent to an activating group) is 1. The summed E-state index contributed by atoms with van der Waals surface area (Å²) in [5.41, 5.74) is 0. The molecule has 3 nitrogen and oxygen atoms in total. The summed E-state index contributed by atoms with van der Waals surface area (Å²) >= 11 is 3.47. The summed E-state index contributed by atoms with van der Waals surface area (Å²) in [7, 11) is 2.15. The fraction of sp³-hybridized carbons (Fsp3) is 0.600. The minimum Gasteiger partial charge on any atom is -0.467 e. The third-order valence-electron chi connectivity index (χ3n) is 2.74. The first-order valence-electron chi connectivity index (χ1n) is 4.90. The number of halogens is 1. The van der Waals surface area contributed by atoms with Gasteiger partial charge < -0.3 is 9.73 Å². The van der Waals surface area contributed by atoms with E-state index in [-0.39, 0.29) is 0 Å². The maximum Gasteiger partial charge on any atom is 0.131 e. The molecule has 0 bridgehead atoms. The second-order valence-corrected chi connectivity index (χ2v) is 4.61. The predicted molar refractivity (Wildman–Crippen MR) is 59.1 cm³/mol. The molecule has 4 heteroatoms. The summed E-state index contributed by atoms with van der Waals surface area (Å²) in [6.07, 6.45) is 2.95. The Morgan fingerprint density at radius 1 is 1.71 bits per heavy atom. The van der Waals surface area contributed by atoms with Gasteiger partial charge in [0.2, 0.25) is 0 Å². The van der Waals surface area contributed by atoms with Crippen LogP contribution in [0.5, 0.6) is 0 Å². The molecule has 1 aromatic heterocycles. The van der Waals surface area contributed by atoms with Gasteiger partial charge in [-0.2, -0.15) is 0 Å². The summed E-state index contributed by atoms with van der Waals surface area (Å²) in [6, 6.07) is 2.59. The Morgan fingerprint density at radius 3 is 3.14 bits per heavy atom. The number of furan rings is 1. The van der Waals surface area contributed by atoms with Crippen LogP contribution in [-0.4, -0.2) is 31.1 Å². The van der Waals surface area contributed by atoms with E-state index in [9.17, 15) is 0 Å². The fourth-order valence-electron chi connectivity index (χ4n) is 1.81. The zero-order valence-corrected chi connectivity index (χ0v) is 9.88. The normalized spacial score (nSPS) is 22.1. The van der Waals surface area contributed by atoms with E-state index in [1.54, 1.807) is 6.26 Å². The van der Waals surface area contributed by atoms with Gasteiger partial charge in [0, 0.05) is 12.6 Å². The molecule has 1 unspecified atom stereocenters. The molecule has 1 fully saturated rings. The molecule has 2 heterocycles. The summed E-state index contributed by atoms with van der Waals surface area (Å²) in [5, 5.41) is 3.36. The van der Waals surface area contributed by atoms with Gasteiger partial charge in [0.25, 0.3) is 0 Å². The fourth-order valence-corrected chi connectivity index (χ4v) is 2.14. The Balaban J connectivity index is 1.93. The van der Waals surface area contributed by atoms with Crippen LogP contribution in [0.2, 0.25) is 0 Å². The van der Waals surface area contributed by atoms with Crippen molar-refractivity contribution in [3.8, 4) is 0 Å². The molecule has 0 saturated carbocycles. The summed E-state index contributed by atoms with van der Waals surface area (Å²) in [5.74, 6) is 1.01. The van der Waals surface area contributed by atoms with Gasteiger partial charge in [0.05, 0.1) is 17.3 Å². The van der Waals surface area contributed by atoms with Gasteiger partial charge in [-0.3, -0.25) is 4.90 Å². The molecule has 1 N–H and O–H groups in total. The molecule has 0 radical (unpaired) electrons. The first-order valence-corrected chi connectivity index (χ1v) is 5.69. The van der Waals surface area contributed by atoms with E-state index >= 15 is 0 Å². The molecule has 0 spiro atoms. The molecule has 0 aromatic carbocycles. The highest BCUT2D eigenvalue weighted by molar-refractivity contribution is 9.10. The number of nitrogens with one attached hydrogen (secondary N) is 1. The maximum absolute atomic E-state index is 5.39. The zero-order chi connectivity index (χ0) is 9.97. The molecule has 0 amide bonds. The van der Waals surface area contributed by atoms with Crippen LogP contribution in [0.4, 0.5) is 0 Å². The van der Waals surface area contributed by atoms with Gasteiger partial charge in [-0.25, -0.2) is 0 Å². The number of hydrogen-bond acceptors (Lipinski definition) is 3. The van der Waals surface area contributed by atoms with E-state index in [0.717, 1.165) is 29.9 Å². The van der Waals surface area contributed by atoms with Crippen molar-refractivity contribution in [2.45, 2.75) is 19.0 Å². The van der Waals surface area contributed by atoms with Crippen molar-refractivity contribution in [2.75, 3.05) is 20.1 Å². The smallest absolute Gasteiger partial charge is 0.131 e. The van der Waals surface area contributed by atoms with Gasteiger partial charge in [-0.1, -0.05) is 0 Å². The van der Waals surface area contributed by atoms with Gasteiger partial charge in [-0.05, 0) is 42.0 Å². The molecule has 1 aliphatic heterocycles. The van der Waals surface area contributed by atoms with Gasteiger partial charge in [0.15, 0.2) is 0 Å². The second-order valence-electron chi connectivity index (χ2n) is 3.75. The largest absolute Gasteiger partial charge is 0.467 e. The Labute approximate surface area is 92.6 Å². The SMILES string of the molecule is CN(Cc1occc1Br)C1CCNC1. The predicted octanol–water partition coefficient (Wildman–Crippen LogP) is 1.84. The first-order chi connectivity index (χ1) is 6.77. The maximum atomic E-state index is 5.39. The topological polar surface area (TPSA) is 28.4 Å². The van der Waals surface area contributed by atoms with Crippen LogP contribution in [-0.2, 0) is 6.54 Å². The molecule has 78 valence electrons. The zero-order valence-electron chi connectivity index (χ0n) is 8.29. The van der Waals surface area contributed by atoms with Crippen LogP contribution in [0.3, 0.4) is 0 Å². The molecule has 0 aliphatic carbocycles. The van der Waals surface area contributed by atoms with Crippen LogP contribution in [0.1, 0.15) is 12.2 Å². The number of hydrogen-bond donors (Lipinski definition) is 1. The van der Waals surface area contributed by atoms with Crippen molar-refractivity contribution >= 4 is 15.9 Å². The van der Waals surface area contributed by atoms with E-state index in [1.165, 1.54) is 6.42 Å². The van der Waals surface area contributed by atoms with E-state index < -0.39 is 0 Å². The summed E-state index contributed by atoms with van der Waals surface area (Å²) in [4.78, 5) is 2.34. The minimum atomic E-state index is 0.645. The molecular weight excluding hydrogens is 244 g/mol. The van der Waals surface area contributed by atoms with Gasteiger partial charge in [0.1, 0.15) is 5.76 Å². The molecule has 1 aromatic rings. The summed E-state index contributed by atoms with van der Waals surface area (Å²) in [6.45, 7) is 3.10. The molecule has 1 atom stereocenters. The second kappa shape index (κ2) is 4.47. The lowest BCUT2D eigenvalue weighted by molar-refractivity contribution is 0.228. The van der Waals surface area contributed by atoms with Crippen molar-refractivity contribution < 1.29 is 4.42 Å². The highest BCUT2D eigenvalue weighted by Gasteiger charge is 2.20. The quantitative estimate of drug-likeness (QED) is 0.897. The van der Waals surface area contributed by atoms with Crippen molar-refractivity contribution in [1.29, 1.82) is 0 Å². The monoisotopic (exact) mass is 258 g/mol. The van der Waals surface area contributed by atoms with Crippen LogP contribution in [0.25, 0.3) is 0 Å². The minimum absolute atomic E-state index is 0.645. The van der Waals surface area contributed by atoms with Crippen LogP contribution in [0.15, 0.2) is 21.2 Å². The van der Waals surface area contributed by atoms with E-state index in [4.69, 9.17) is 4.42 Å². The Morgan fingerprint density at radius 2 is 2.57 bits per heavy atom. The Bertz CT molecular complexity index is 294. The van der Waals surface area contributed by atoms with E-state index in [2.05, 4.69) is 33.2 Å². The van der Waals surface area contributed by atoms with Gasteiger partial charge >= 0.3 is 0 Å². The lowest BCUT2D eigenvalue weighted by atomic mass is 10.2. The third kappa shape index (κ3) is 2.19. The third-order valence-corrected chi connectivity index (χ3v) is 3.45. The molecule has 1 saturated heterocycles. The number of nitrogens with zero attached hydrogens (tertiary/aromatic N) is 1. The van der Waals surface area contributed by atoms with Crippen LogP contribution < -0.4 is 5.32 Å². The van der Waals surface area contributed by atoms with Crippen molar-refractivity contribution in [2.24, 2.45) is 0 Å². The number of rotatable bonds is 3. The Hall–Kier alpha value is -0.320. The van der Waals surface area contributed by atoms with Crippen molar-refractivity contribution in [1.82, 2.24) is 10.2 Å². The molecule has 14 heavy (non-hydrogen) atoms. The lowest BCUT2D eigenvalue weighted by Crippen LogP contribution is -2.32. The van der Waals surface area contributed by atoms with Crippen molar-refractivity contribution in [3.05, 3.63) is 22.6 Å². The Kier molecular flexibility index (Phi) is 3.26. The highest BCUT2D eigenvalue weighted by atomic mass is 79.9.